The summed E-state index contributed by atoms with van der Waals surface area (Å²) in [6, 6.07) is 14.1. The maximum Gasteiger partial charge on any atom is 0.361 e. The molecule has 26 heavy (non-hydrogen) atoms. The third-order valence-electron chi connectivity index (χ3n) is 3.49. The van der Waals surface area contributed by atoms with Crippen molar-refractivity contribution in [2.45, 2.75) is 0 Å². The lowest BCUT2D eigenvalue weighted by molar-refractivity contribution is 0.102. The fraction of sp³-hybridized carbons (Fsp3) is 0. The number of nitrogens with one attached hydrogen (secondary N) is 3. The Hall–Kier alpha value is -4.08. The fourth-order valence-corrected chi connectivity index (χ4v) is 2.33. The van der Waals surface area contributed by atoms with Crippen LogP contribution in [0.5, 0.6) is 11.8 Å². The molecule has 2 aromatic carbocycles. The van der Waals surface area contributed by atoms with Crippen LogP contribution in [-0.2, 0) is 0 Å². The highest BCUT2D eigenvalue weighted by atomic mass is 16.5. The van der Waals surface area contributed by atoms with Gasteiger partial charge < -0.3 is 10.1 Å². The Morgan fingerprint density at radius 1 is 1.08 bits per heavy atom. The first kappa shape index (κ1) is 15.4. The van der Waals surface area contributed by atoms with Gasteiger partial charge in [-0.2, -0.15) is 10.3 Å². The molecule has 2 aromatic heterocycles. The van der Waals surface area contributed by atoms with Crippen LogP contribution >= 0.6 is 0 Å². The van der Waals surface area contributed by atoms with E-state index in [0.717, 1.165) is 0 Å². The van der Waals surface area contributed by atoms with Crippen LogP contribution < -0.4 is 10.1 Å². The van der Waals surface area contributed by atoms with Gasteiger partial charge in [0.05, 0.1) is 5.56 Å². The normalized spacial score (nSPS) is 10.5. The van der Waals surface area contributed by atoms with Crippen molar-refractivity contribution in [1.82, 2.24) is 35.8 Å². The van der Waals surface area contributed by atoms with E-state index >= 15 is 0 Å². The minimum atomic E-state index is -0.260. The number of nitrogens with zero attached hydrogens (tertiary/aromatic N) is 5. The molecule has 0 aliphatic heterocycles. The monoisotopic (exact) mass is 348 g/mol. The van der Waals surface area contributed by atoms with Gasteiger partial charge in [0.15, 0.2) is 5.82 Å². The van der Waals surface area contributed by atoms with E-state index in [1.807, 2.05) is 6.07 Å². The summed E-state index contributed by atoms with van der Waals surface area (Å²) in [6.07, 6.45) is 1.40. The van der Waals surface area contributed by atoms with E-state index in [1.165, 1.54) is 6.33 Å². The van der Waals surface area contributed by atoms with Gasteiger partial charge in [-0.15, -0.1) is 0 Å². The van der Waals surface area contributed by atoms with E-state index < -0.39 is 0 Å². The van der Waals surface area contributed by atoms with Crippen LogP contribution in [0.25, 0.3) is 11.4 Å². The Kier molecular flexibility index (Phi) is 4.04. The number of aromatic nitrogens is 7. The third-order valence-corrected chi connectivity index (χ3v) is 3.49. The quantitative estimate of drug-likeness (QED) is 0.502. The lowest BCUT2D eigenvalue weighted by Gasteiger charge is -2.09. The first-order valence-electron chi connectivity index (χ1n) is 7.57. The van der Waals surface area contributed by atoms with Crippen molar-refractivity contribution in [3.63, 3.8) is 0 Å². The summed E-state index contributed by atoms with van der Waals surface area (Å²) >= 11 is 0. The van der Waals surface area contributed by atoms with Crippen LogP contribution in [0, 0.1) is 0 Å². The zero-order valence-electron chi connectivity index (χ0n) is 13.2. The summed E-state index contributed by atoms with van der Waals surface area (Å²) in [6.45, 7) is 0. The van der Waals surface area contributed by atoms with Crippen LogP contribution in [-0.4, -0.2) is 41.7 Å². The standard InChI is InChI=1S/C16H12N8O2/c25-15(13-4-2-1-3-12(13)14-17-9-18-20-14)19-10-5-7-11(8-6-10)26-16-21-23-24-22-16/h1-9H,(H,19,25)(H,17,18,20)(H,21,22,23,24). The van der Waals surface area contributed by atoms with Gasteiger partial charge in [0.25, 0.3) is 5.91 Å². The molecule has 1 amide bonds. The molecule has 0 saturated carbocycles. The van der Waals surface area contributed by atoms with Crippen molar-refractivity contribution >= 4 is 11.6 Å². The zero-order chi connectivity index (χ0) is 17.8. The number of hydrogen-bond donors (Lipinski definition) is 3. The van der Waals surface area contributed by atoms with Gasteiger partial charge >= 0.3 is 6.01 Å². The average Bonchev–Trinajstić information content (AvgIpc) is 3.37. The first-order valence-corrected chi connectivity index (χ1v) is 7.57. The van der Waals surface area contributed by atoms with E-state index in [-0.39, 0.29) is 11.9 Å². The molecule has 0 spiro atoms. The van der Waals surface area contributed by atoms with Gasteiger partial charge in [0.2, 0.25) is 0 Å². The summed E-state index contributed by atoms with van der Waals surface area (Å²) in [5, 5.41) is 22.5. The zero-order valence-corrected chi connectivity index (χ0v) is 13.2. The highest BCUT2D eigenvalue weighted by Gasteiger charge is 2.14. The molecular formula is C16H12N8O2. The number of carbonyl (C=O) groups excluding carboxylic acids is 1. The predicted octanol–water partition coefficient (Wildman–Crippen LogP) is 2.03. The topological polar surface area (TPSA) is 134 Å². The minimum Gasteiger partial charge on any atom is -0.422 e. The number of benzene rings is 2. The van der Waals surface area contributed by atoms with Crippen molar-refractivity contribution < 1.29 is 9.53 Å². The van der Waals surface area contributed by atoms with Gasteiger partial charge in [-0.25, -0.2) is 4.98 Å². The van der Waals surface area contributed by atoms with Crippen LogP contribution in [0.15, 0.2) is 54.9 Å². The molecular weight excluding hydrogens is 336 g/mol. The highest BCUT2D eigenvalue weighted by Crippen LogP contribution is 2.23. The second-order valence-electron chi connectivity index (χ2n) is 5.15. The highest BCUT2D eigenvalue weighted by molar-refractivity contribution is 6.08. The van der Waals surface area contributed by atoms with Gasteiger partial charge in [0, 0.05) is 11.3 Å². The third kappa shape index (κ3) is 3.24. The van der Waals surface area contributed by atoms with Crippen LogP contribution in [0.2, 0.25) is 0 Å². The molecule has 4 aromatic rings. The maximum absolute atomic E-state index is 12.6. The number of H-pyrrole nitrogens is 2. The lowest BCUT2D eigenvalue weighted by Crippen LogP contribution is -2.13. The van der Waals surface area contributed by atoms with E-state index in [9.17, 15) is 4.79 Å². The van der Waals surface area contributed by atoms with Gasteiger partial charge in [-0.05, 0) is 35.5 Å². The second kappa shape index (κ2) is 6.81. The summed E-state index contributed by atoms with van der Waals surface area (Å²) in [5.41, 5.74) is 1.76. The van der Waals surface area contributed by atoms with E-state index in [4.69, 9.17) is 4.74 Å². The molecule has 10 nitrogen and oxygen atoms in total. The number of ether oxygens (including phenoxy) is 1. The van der Waals surface area contributed by atoms with E-state index in [1.54, 1.807) is 42.5 Å². The van der Waals surface area contributed by atoms with Crippen molar-refractivity contribution in [3.05, 3.63) is 60.4 Å². The van der Waals surface area contributed by atoms with Gasteiger partial charge in [-0.1, -0.05) is 28.4 Å². The molecule has 10 heteroatoms. The first-order chi connectivity index (χ1) is 12.8. The van der Waals surface area contributed by atoms with E-state index in [2.05, 4.69) is 41.1 Å². The molecule has 3 N–H and O–H groups in total. The SMILES string of the molecule is O=C(Nc1ccc(Oc2nn[nH]n2)cc1)c1ccccc1-c1ncn[nH]1. The molecule has 0 fully saturated rings. The second-order valence-corrected chi connectivity index (χ2v) is 5.15. The smallest absolute Gasteiger partial charge is 0.361 e. The molecule has 0 aliphatic carbocycles. The summed E-state index contributed by atoms with van der Waals surface area (Å²) < 4.78 is 5.38. The summed E-state index contributed by atoms with van der Waals surface area (Å²) in [4.78, 5) is 16.7. The molecule has 128 valence electrons. The van der Waals surface area contributed by atoms with Crippen molar-refractivity contribution in [2.24, 2.45) is 0 Å². The molecule has 0 atom stereocenters. The Bertz CT molecular complexity index is 997. The number of carbonyl (C=O) groups is 1. The number of amides is 1. The number of hydrogen-bond acceptors (Lipinski definition) is 7. The number of anilines is 1. The van der Waals surface area contributed by atoms with Crippen LogP contribution in [0.3, 0.4) is 0 Å². The molecule has 0 radical (unpaired) electrons. The predicted molar refractivity (Wildman–Crippen MR) is 90.5 cm³/mol. The summed E-state index contributed by atoms with van der Waals surface area (Å²) in [5.74, 6) is 0.787. The Balaban J connectivity index is 1.50. The van der Waals surface area contributed by atoms with Crippen LogP contribution in [0.4, 0.5) is 5.69 Å². The molecule has 0 bridgehead atoms. The number of aromatic amines is 2. The number of tetrazole rings is 1. The van der Waals surface area contributed by atoms with Crippen molar-refractivity contribution in [1.29, 1.82) is 0 Å². The molecule has 0 saturated heterocycles. The Morgan fingerprint density at radius 3 is 2.65 bits per heavy atom. The van der Waals surface area contributed by atoms with Crippen LogP contribution in [0.1, 0.15) is 10.4 Å². The van der Waals surface area contributed by atoms with Gasteiger partial charge in [0.1, 0.15) is 12.1 Å². The molecule has 0 unspecified atom stereocenters. The van der Waals surface area contributed by atoms with Gasteiger partial charge in [-0.3, -0.25) is 9.89 Å². The number of rotatable bonds is 5. The fourth-order valence-electron chi connectivity index (χ4n) is 2.33. The maximum atomic E-state index is 12.6. The van der Waals surface area contributed by atoms with Crippen molar-refractivity contribution in [2.75, 3.05) is 5.32 Å². The van der Waals surface area contributed by atoms with E-state index in [0.29, 0.717) is 28.4 Å². The molecule has 2 heterocycles. The Labute approximate surface area is 146 Å². The molecule has 4 rings (SSSR count). The summed E-state index contributed by atoms with van der Waals surface area (Å²) in [7, 11) is 0. The average molecular weight is 348 g/mol. The van der Waals surface area contributed by atoms with Crippen molar-refractivity contribution in [3.8, 4) is 23.1 Å². The lowest BCUT2D eigenvalue weighted by atomic mass is 10.1. The molecule has 0 aliphatic rings. The Morgan fingerprint density at radius 2 is 1.92 bits per heavy atom. The largest absolute Gasteiger partial charge is 0.422 e. The minimum absolute atomic E-state index is 0.114.